The second-order valence-electron chi connectivity index (χ2n) is 3.80. The SMILES string of the molecule is C[C@@H]1[C@H](N)CCCN1c1cnccn1. The molecule has 2 N–H and O–H groups in total. The average molecular weight is 192 g/mol. The Morgan fingerprint density at radius 1 is 1.50 bits per heavy atom. The molecule has 1 saturated heterocycles. The van der Waals surface area contributed by atoms with E-state index in [1.54, 1.807) is 18.6 Å². The van der Waals surface area contributed by atoms with Crippen LogP contribution in [0.3, 0.4) is 0 Å². The van der Waals surface area contributed by atoms with Crippen LogP contribution in [0.1, 0.15) is 19.8 Å². The second kappa shape index (κ2) is 3.92. The van der Waals surface area contributed by atoms with Crippen LogP contribution in [0.2, 0.25) is 0 Å². The third-order valence-corrected chi connectivity index (χ3v) is 2.89. The molecule has 2 atom stereocenters. The van der Waals surface area contributed by atoms with E-state index in [2.05, 4.69) is 21.8 Å². The molecule has 76 valence electrons. The van der Waals surface area contributed by atoms with Gasteiger partial charge in [0.05, 0.1) is 6.20 Å². The highest BCUT2D eigenvalue weighted by Gasteiger charge is 2.25. The molecular formula is C10H16N4. The zero-order valence-electron chi connectivity index (χ0n) is 8.43. The van der Waals surface area contributed by atoms with Gasteiger partial charge in [-0.2, -0.15) is 0 Å². The van der Waals surface area contributed by atoms with Crippen molar-refractivity contribution in [2.75, 3.05) is 11.4 Å². The summed E-state index contributed by atoms with van der Waals surface area (Å²) in [6.07, 6.45) is 7.47. The van der Waals surface area contributed by atoms with Crippen LogP contribution in [0.15, 0.2) is 18.6 Å². The van der Waals surface area contributed by atoms with E-state index >= 15 is 0 Å². The number of aromatic nitrogens is 2. The Morgan fingerprint density at radius 3 is 3.07 bits per heavy atom. The van der Waals surface area contributed by atoms with E-state index in [1.807, 2.05) is 0 Å². The first-order valence-corrected chi connectivity index (χ1v) is 5.07. The van der Waals surface area contributed by atoms with E-state index in [4.69, 9.17) is 5.73 Å². The molecule has 0 aromatic carbocycles. The van der Waals surface area contributed by atoms with Gasteiger partial charge in [0, 0.05) is 31.0 Å². The summed E-state index contributed by atoms with van der Waals surface area (Å²) < 4.78 is 0. The zero-order valence-corrected chi connectivity index (χ0v) is 8.43. The number of nitrogens with zero attached hydrogens (tertiary/aromatic N) is 3. The van der Waals surface area contributed by atoms with Gasteiger partial charge in [0.1, 0.15) is 5.82 Å². The van der Waals surface area contributed by atoms with Gasteiger partial charge in [0.2, 0.25) is 0 Å². The minimum atomic E-state index is 0.255. The first-order chi connectivity index (χ1) is 6.79. The molecule has 1 aliphatic heterocycles. The van der Waals surface area contributed by atoms with Crippen LogP contribution >= 0.6 is 0 Å². The van der Waals surface area contributed by atoms with Crippen LogP contribution in [0.5, 0.6) is 0 Å². The first kappa shape index (κ1) is 9.40. The smallest absolute Gasteiger partial charge is 0.147 e. The molecule has 4 heteroatoms. The van der Waals surface area contributed by atoms with E-state index in [9.17, 15) is 0 Å². The largest absolute Gasteiger partial charge is 0.351 e. The lowest BCUT2D eigenvalue weighted by Gasteiger charge is -2.38. The summed E-state index contributed by atoms with van der Waals surface area (Å²) in [7, 11) is 0. The molecule has 14 heavy (non-hydrogen) atoms. The highest BCUT2D eigenvalue weighted by atomic mass is 15.2. The average Bonchev–Trinajstić information content (AvgIpc) is 2.23. The van der Waals surface area contributed by atoms with Crippen LogP contribution in [-0.4, -0.2) is 28.6 Å². The Hall–Kier alpha value is -1.16. The minimum Gasteiger partial charge on any atom is -0.351 e. The Morgan fingerprint density at radius 2 is 2.36 bits per heavy atom. The molecule has 1 fully saturated rings. The van der Waals surface area contributed by atoms with Crippen molar-refractivity contribution in [3.63, 3.8) is 0 Å². The summed E-state index contributed by atoms with van der Waals surface area (Å²) in [5, 5.41) is 0. The standard InChI is InChI=1S/C10H16N4/c1-8-9(11)3-2-6-14(8)10-7-12-4-5-13-10/h4-5,7-9H,2-3,6,11H2,1H3/t8-,9-/m1/s1. The van der Waals surface area contributed by atoms with Crippen molar-refractivity contribution in [2.45, 2.75) is 31.8 Å². The monoisotopic (exact) mass is 192 g/mol. The predicted octanol–water partition coefficient (Wildman–Crippen LogP) is 0.793. The number of nitrogens with two attached hydrogens (primary N) is 1. The molecule has 4 nitrogen and oxygen atoms in total. The Balaban J connectivity index is 2.17. The Labute approximate surface area is 84.2 Å². The van der Waals surface area contributed by atoms with Gasteiger partial charge in [-0.15, -0.1) is 0 Å². The van der Waals surface area contributed by atoms with Gasteiger partial charge < -0.3 is 10.6 Å². The quantitative estimate of drug-likeness (QED) is 0.715. The van der Waals surface area contributed by atoms with Crippen LogP contribution in [0.4, 0.5) is 5.82 Å². The molecule has 1 aromatic heterocycles. The Bertz CT molecular complexity index is 287. The molecule has 0 spiro atoms. The van der Waals surface area contributed by atoms with Crippen molar-refractivity contribution in [3.8, 4) is 0 Å². The van der Waals surface area contributed by atoms with Gasteiger partial charge >= 0.3 is 0 Å². The summed E-state index contributed by atoms with van der Waals surface area (Å²) in [6.45, 7) is 3.19. The summed E-state index contributed by atoms with van der Waals surface area (Å²) in [5.41, 5.74) is 6.02. The lowest BCUT2D eigenvalue weighted by atomic mass is 9.99. The van der Waals surface area contributed by atoms with E-state index in [-0.39, 0.29) is 6.04 Å². The fourth-order valence-electron chi connectivity index (χ4n) is 1.94. The normalized spacial score (nSPS) is 27.7. The lowest BCUT2D eigenvalue weighted by Crippen LogP contribution is -2.50. The topological polar surface area (TPSA) is 55.0 Å². The molecule has 0 unspecified atom stereocenters. The number of rotatable bonds is 1. The predicted molar refractivity (Wildman–Crippen MR) is 56.0 cm³/mol. The van der Waals surface area contributed by atoms with Gasteiger partial charge in [-0.1, -0.05) is 0 Å². The molecule has 0 radical (unpaired) electrons. The number of hydrogen-bond acceptors (Lipinski definition) is 4. The van der Waals surface area contributed by atoms with Crippen LogP contribution in [-0.2, 0) is 0 Å². The fourth-order valence-corrected chi connectivity index (χ4v) is 1.94. The van der Waals surface area contributed by atoms with Crippen molar-refractivity contribution in [1.82, 2.24) is 9.97 Å². The zero-order chi connectivity index (χ0) is 9.97. The third kappa shape index (κ3) is 1.70. The van der Waals surface area contributed by atoms with Crippen molar-refractivity contribution >= 4 is 5.82 Å². The van der Waals surface area contributed by atoms with Gasteiger partial charge in [-0.3, -0.25) is 4.98 Å². The minimum absolute atomic E-state index is 0.255. The van der Waals surface area contributed by atoms with Crippen molar-refractivity contribution in [3.05, 3.63) is 18.6 Å². The van der Waals surface area contributed by atoms with Crippen molar-refractivity contribution in [2.24, 2.45) is 5.73 Å². The molecule has 0 amide bonds. The molecule has 0 saturated carbocycles. The molecule has 2 heterocycles. The summed E-state index contributed by atoms with van der Waals surface area (Å²) in [6, 6.07) is 0.617. The van der Waals surface area contributed by atoms with Gasteiger partial charge in [0.25, 0.3) is 0 Å². The molecule has 0 aliphatic carbocycles. The highest BCUT2D eigenvalue weighted by Crippen LogP contribution is 2.20. The highest BCUT2D eigenvalue weighted by molar-refractivity contribution is 5.37. The van der Waals surface area contributed by atoms with Crippen molar-refractivity contribution in [1.29, 1.82) is 0 Å². The second-order valence-corrected chi connectivity index (χ2v) is 3.80. The van der Waals surface area contributed by atoms with E-state index in [0.717, 1.165) is 25.2 Å². The van der Waals surface area contributed by atoms with Crippen LogP contribution < -0.4 is 10.6 Å². The molecule has 1 aliphatic rings. The van der Waals surface area contributed by atoms with Crippen LogP contribution in [0.25, 0.3) is 0 Å². The Kier molecular flexibility index (Phi) is 2.63. The summed E-state index contributed by atoms with van der Waals surface area (Å²) >= 11 is 0. The maximum absolute atomic E-state index is 6.02. The lowest BCUT2D eigenvalue weighted by molar-refractivity contribution is 0.418. The number of anilines is 1. The number of hydrogen-bond donors (Lipinski definition) is 1. The van der Waals surface area contributed by atoms with Gasteiger partial charge in [-0.25, -0.2) is 4.98 Å². The molecule has 1 aromatic rings. The van der Waals surface area contributed by atoms with Crippen LogP contribution in [0, 0.1) is 0 Å². The maximum atomic E-state index is 6.02. The first-order valence-electron chi connectivity index (χ1n) is 5.07. The van der Waals surface area contributed by atoms with E-state index in [0.29, 0.717) is 6.04 Å². The van der Waals surface area contributed by atoms with Gasteiger partial charge in [-0.05, 0) is 19.8 Å². The maximum Gasteiger partial charge on any atom is 0.147 e. The summed E-state index contributed by atoms with van der Waals surface area (Å²) in [4.78, 5) is 10.6. The van der Waals surface area contributed by atoms with Gasteiger partial charge in [0.15, 0.2) is 0 Å². The van der Waals surface area contributed by atoms with E-state index in [1.165, 1.54) is 0 Å². The molecule has 0 bridgehead atoms. The summed E-state index contributed by atoms with van der Waals surface area (Å²) in [5.74, 6) is 0.940. The third-order valence-electron chi connectivity index (χ3n) is 2.89. The van der Waals surface area contributed by atoms with E-state index < -0.39 is 0 Å². The van der Waals surface area contributed by atoms with Crippen molar-refractivity contribution < 1.29 is 0 Å². The fraction of sp³-hybridized carbons (Fsp3) is 0.600. The molecule has 2 rings (SSSR count). The number of piperidine rings is 1. The molecular weight excluding hydrogens is 176 g/mol.